The lowest BCUT2D eigenvalue weighted by Crippen LogP contribution is -2.50. The number of anilines is 1. The maximum absolute atomic E-state index is 12.7. The topological polar surface area (TPSA) is 66.0 Å². The van der Waals surface area contributed by atoms with Crippen LogP contribution >= 0.6 is 0 Å². The molecule has 3 heterocycles. The third-order valence-electron chi connectivity index (χ3n) is 4.78. The van der Waals surface area contributed by atoms with Crippen molar-refractivity contribution in [3.8, 4) is 0 Å². The number of carbonyl (C=O) groups excluding carboxylic acids is 2. The summed E-state index contributed by atoms with van der Waals surface area (Å²) in [6, 6.07) is 3.87. The second-order valence-electron chi connectivity index (χ2n) is 6.43. The third-order valence-corrected chi connectivity index (χ3v) is 4.78. The average Bonchev–Trinajstić information content (AvgIpc) is 2.68. The maximum Gasteiger partial charge on any atom is 0.409 e. The minimum absolute atomic E-state index is 0.0673. The first-order valence-corrected chi connectivity index (χ1v) is 9.11. The summed E-state index contributed by atoms with van der Waals surface area (Å²) in [5, 5.41) is 0. The number of piperazine rings is 1. The molecule has 2 aliphatic heterocycles. The van der Waals surface area contributed by atoms with Crippen LogP contribution in [-0.4, -0.2) is 72.7 Å². The maximum atomic E-state index is 12.7. The predicted molar refractivity (Wildman–Crippen MR) is 94.8 cm³/mol. The van der Waals surface area contributed by atoms with Crippen molar-refractivity contribution in [2.45, 2.75) is 26.2 Å². The van der Waals surface area contributed by atoms with Crippen LogP contribution in [0.1, 0.15) is 36.7 Å². The Balaban J connectivity index is 1.61. The molecule has 0 atom stereocenters. The third kappa shape index (κ3) is 4.21. The Labute approximate surface area is 148 Å². The van der Waals surface area contributed by atoms with Crippen LogP contribution in [0.15, 0.2) is 18.3 Å². The van der Waals surface area contributed by atoms with Gasteiger partial charge in [-0.15, -0.1) is 0 Å². The van der Waals surface area contributed by atoms with Crippen molar-refractivity contribution in [1.29, 1.82) is 0 Å². The van der Waals surface area contributed by atoms with Gasteiger partial charge < -0.3 is 19.4 Å². The van der Waals surface area contributed by atoms with Crippen LogP contribution in [0.3, 0.4) is 0 Å². The molecule has 2 aliphatic rings. The van der Waals surface area contributed by atoms with Gasteiger partial charge in [-0.3, -0.25) is 9.78 Å². The van der Waals surface area contributed by atoms with Crippen LogP contribution in [0.5, 0.6) is 0 Å². The van der Waals surface area contributed by atoms with Crippen LogP contribution < -0.4 is 4.90 Å². The molecule has 0 spiro atoms. The van der Waals surface area contributed by atoms with Gasteiger partial charge in [-0.1, -0.05) is 0 Å². The lowest BCUT2D eigenvalue weighted by Gasteiger charge is -2.34. The number of hydrogen-bond acceptors (Lipinski definition) is 5. The number of hydrogen-bond donors (Lipinski definition) is 0. The fourth-order valence-electron chi connectivity index (χ4n) is 3.35. The summed E-state index contributed by atoms with van der Waals surface area (Å²) in [6.07, 6.45) is 5.08. The predicted octanol–water partition coefficient (Wildman–Crippen LogP) is 1.99. The van der Waals surface area contributed by atoms with Gasteiger partial charge in [0.05, 0.1) is 6.61 Å². The Bertz CT molecular complexity index is 608. The van der Waals surface area contributed by atoms with Gasteiger partial charge >= 0.3 is 6.09 Å². The second-order valence-corrected chi connectivity index (χ2v) is 6.43. The highest BCUT2D eigenvalue weighted by Crippen LogP contribution is 2.20. The van der Waals surface area contributed by atoms with Gasteiger partial charge in [-0.2, -0.15) is 0 Å². The Hall–Kier alpha value is -2.31. The zero-order valence-electron chi connectivity index (χ0n) is 14.8. The quantitative estimate of drug-likeness (QED) is 0.837. The summed E-state index contributed by atoms with van der Waals surface area (Å²) in [5.74, 6) is -0.0673. The first-order valence-electron chi connectivity index (χ1n) is 9.11. The Kier molecular flexibility index (Phi) is 5.73. The summed E-state index contributed by atoms with van der Waals surface area (Å²) >= 11 is 0. The molecule has 2 amide bonds. The Morgan fingerprint density at radius 1 is 1.04 bits per heavy atom. The van der Waals surface area contributed by atoms with E-state index in [2.05, 4.69) is 9.88 Å². The molecule has 1 aromatic rings. The summed E-state index contributed by atoms with van der Waals surface area (Å²) in [6.45, 7) is 6.24. The minimum Gasteiger partial charge on any atom is -0.450 e. The van der Waals surface area contributed by atoms with Gasteiger partial charge in [0.15, 0.2) is 0 Å². The standard InChI is InChI=1S/C18H26N4O3/c1-2-25-18(24)22-12-10-21(11-13-22)17(23)16-14-15(6-7-19-16)20-8-4-3-5-9-20/h6-7,14H,2-5,8-13H2,1H3. The summed E-state index contributed by atoms with van der Waals surface area (Å²) in [5.41, 5.74) is 1.55. The molecule has 3 rings (SSSR count). The molecule has 7 heteroatoms. The summed E-state index contributed by atoms with van der Waals surface area (Å²) in [7, 11) is 0. The molecule has 2 saturated heterocycles. The molecule has 0 aliphatic carbocycles. The molecule has 0 unspecified atom stereocenters. The van der Waals surface area contributed by atoms with Crippen molar-refractivity contribution >= 4 is 17.7 Å². The van der Waals surface area contributed by atoms with E-state index < -0.39 is 0 Å². The van der Waals surface area contributed by atoms with E-state index in [1.807, 2.05) is 12.1 Å². The van der Waals surface area contributed by atoms with E-state index in [-0.39, 0.29) is 12.0 Å². The Morgan fingerprint density at radius 2 is 1.72 bits per heavy atom. The van der Waals surface area contributed by atoms with Crippen molar-refractivity contribution in [1.82, 2.24) is 14.8 Å². The normalized spacial score (nSPS) is 18.2. The molecule has 25 heavy (non-hydrogen) atoms. The van der Waals surface area contributed by atoms with Crippen molar-refractivity contribution in [2.24, 2.45) is 0 Å². The Morgan fingerprint density at radius 3 is 2.40 bits per heavy atom. The molecular weight excluding hydrogens is 320 g/mol. The van der Waals surface area contributed by atoms with Crippen molar-refractivity contribution in [3.05, 3.63) is 24.0 Å². The highest BCUT2D eigenvalue weighted by Gasteiger charge is 2.26. The first kappa shape index (κ1) is 17.5. The van der Waals surface area contributed by atoms with Crippen molar-refractivity contribution < 1.29 is 14.3 Å². The molecule has 0 N–H and O–H groups in total. The van der Waals surface area contributed by atoms with Gasteiger partial charge in [-0.05, 0) is 38.3 Å². The van der Waals surface area contributed by atoms with E-state index >= 15 is 0 Å². The van der Waals surface area contributed by atoms with Crippen LogP contribution in [0, 0.1) is 0 Å². The molecule has 0 aromatic carbocycles. The lowest BCUT2D eigenvalue weighted by molar-refractivity contribution is 0.0566. The van der Waals surface area contributed by atoms with Crippen LogP contribution in [0.25, 0.3) is 0 Å². The van der Waals surface area contributed by atoms with E-state index in [4.69, 9.17) is 4.74 Å². The fraction of sp³-hybridized carbons (Fsp3) is 0.611. The monoisotopic (exact) mass is 346 g/mol. The lowest BCUT2D eigenvalue weighted by atomic mass is 10.1. The van der Waals surface area contributed by atoms with E-state index in [1.54, 1.807) is 22.9 Å². The fourth-order valence-corrected chi connectivity index (χ4v) is 3.35. The van der Waals surface area contributed by atoms with E-state index in [1.165, 1.54) is 19.3 Å². The largest absolute Gasteiger partial charge is 0.450 e. The molecule has 0 saturated carbocycles. The molecule has 0 radical (unpaired) electrons. The van der Waals surface area contributed by atoms with E-state index in [9.17, 15) is 9.59 Å². The number of piperidine rings is 1. The van der Waals surface area contributed by atoms with Gasteiger partial charge in [0.2, 0.25) is 0 Å². The van der Waals surface area contributed by atoms with Gasteiger partial charge in [0, 0.05) is 51.2 Å². The molecule has 2 fully saturated rings. The van der Waals surface area contributed by atoms with Crippen molar-refractivity contribution in [3.63, 3.8) is 0 Å². The number of carbonyl (C=O) groups is 2. The molecule has 7 nitrogen and oxygen atoms in total. The summed E-state index contributed by atoms with van der Waals surface area (Å²) in [4.78, 5) is 34.5. The molecule has 136 valence electrons. The van der Waals surface area contributed by atoms with Crippen LogP contribution in [-0.2, 0) is 4.74 Å². The highest BCUT2D eigenvalue weighted by molar-refractivity contribution is 5.93. The number of pyridine rings is 1. The smallest absolute Gasteiger partial charge is 0.409 e. The van der Waals surface area contributed by atoms with E-state index in [0.717, 1.165) is 18.8 Å². The van der Waals surface area contributed by atoms with Gasteiger partial charge in [0.1, 0.15) is 5.69 Å². The van der Waals surface area contributed by atoms with Crippen LogP contribution in [0.2, 0.25) is 0 Å². The number of rotatable bonds is 3. The van der Waals surface area contributed by atoms with Crippen LogP contribution in [0.4, 0.5) is 10.5 Å². The number of nitrogens with zero attached hydrogens (tertiary/aromatic N) is 4. The van der Waals surface area contributed by atoms with E-state index in [0.29, 0.717) is 38.5 Å². The average molecular weight is 346 g/mol. The minimum atomic E-state index is -0.306. The number of amides is 2. The zero-order valence-corrected chi connectivity index (χ0v) is 14.8. The zero-order chi connectivity index (χ0) is 17.6. The van der Waals surface area contributed by atoms with Gasteiger partial charge in [0.25, 0.3) is 5.91 Å². The molecule has 1 aromatic heterocycles. The van der Waals surface area contributed by atoms with Gasteiger partial charge in [-0.25, -0.2) is 4.79 Å². The highest BCUT2D eigenvalue weighted by atomic mass is 16.6. The number of aromatic nitrogens is 1. The molecule has 0 bridgehead atoms. The SMILES string of the molecule is CCOC(=O)N1CCN(C(=O)c2cc(N3CCCCC3)ccn2)CC1. The number of ether oxygens (including phenoxy) is 1. The van der Waals surface area contributed by atoms with Crippen molar-refractivity contribution in [2.75, 3.05) is 50.8 Å². The second kappa shape index (κ2) is 8.18. The summed E-state index contributed by atoms with van der Waals surface area (Å²) < 4.78 is 5.01. The first-order chi connectivity index (χ1) is 12.2. The molecular formula is C18H26N4O3.